The van der Waals surface area contributed by atoms with E-state index in [0.717, 1.165) is 35.7 Å². The maximum absolute atomic E-state index is 11.4. The van der Waals surface area contributed by atoms with E-state index in [4.69, 9.17) is 9.47 Å². The van der Waals surface area contributed by atoms with Crippen LogP contribution in [0.2, 0.25) is 0 Å². The van der Waals surface area contributed by atoms with Crippen molar-refractivity contribution in [3.63, 3.8) is 0 Å². The number of pyridine rings is 1. The zero-order valence-corrected chi connectivity index (χ0v) is 16.2. The molecule has 9 heteroatoms. The van der Waals surface area contributed by atoms with Crippen molar-refractivity contribution in [3.05, 3.63) is 35.9 Å². The number of rotatable bonds is 3. The van der Waals surface area contributed by atoms with Crippen LogP contribution in [0.5, 0.6) is 5.88 Å². The second-order valence-corrected chi connectivity index (χ2v) is 7.83. The molecule has 0 aromatic carbocycles. The van der Waals surface area contributed by atoms with Crippen molar-refractivity contribution in [2.24, 2.45) is 11.8 Å². The average Bonchev–Trinajstić information content (AvgIpc) is 3.13. The van der Waals surface area contributed by atoms with E-state index >= 15 is 0 Å². The monoisotopic (exact) mass is 397 g/mol. The second-order valence-electron chi connectivity index (χ2n) is 7.83. The summed E-state index contributed by atoms with van der Waals surface area (Å²) in [5.41, 5.74) is 3.02. The number of carboxylic acid groups (broad SMARTS) is 1. The highest BCUT2D eigenvalue weighted by atomic mass is 16.5. The van der Waals surface area contributed by atoms with Crippen LogP contribution in [0.1, 0.15) is 11.3 Å². The van der Waals surface area contributed by atoms with Gasteiger partial charge in [-0.3, -0.25) is 4.98 Å². The first-order valence-corrected chi connectivity index (χ1v) is 9.87. The standard InChI is InChI=1S/C20H23N5O4/c1-12-18(25-6-4-15-16(25)3-2-5-21-15)22-11-23-19(12)29-17-13-7-24(20(26)27)8-14(17)10-28-9-13/h2-3,5,11,13-14,17H,4,6-10H2,1H3,(H,26,27)/t13-,14+,17?. The molecule has 9 nitrogen and oxygen atoms in total. The van der Waals surface area contributed by atoms with E-state index in [1.807, 2.05) is 19.2 Å². The molecule has 1 amide bonds. The third-order valence-electron chi connectivity index (χ3n) is 6.02. The number of fused-ring (bicyclic) bond motifs is 3. The summed E-state index contributed by atoms with van der Waals surface area (Å²) in [5.74, 6) is 1.37. The van der Waals surface area contributed by atoms with Gasteiger partial charge in [0.1, 0.15) is 18.2 Å². The van der Waals surface area contributed by atoms with Crippen LogP contribution in [0.25, 0.3) is 0 Å². The minimum atomic E-state index is -0.887. The summed E-state index contributed by atoms with van der Waals surface area (Å²) in [6, 6.07) is 3.99. The zero-order valence-electron chi connectivity index (χ0n) is 16.2. The van der Waals surface area contributed by atoms with Crippen LogP contribution in [-0.4, -0.2) is 70.0 Å². The van der Waals surface area contributed by atoms with Crippen LogP contribution in [0, 0.1) is 18.8 Å². The molecule has 3 aliphatic heterocycles. The Kier molecular flexibility index (Phi) is 4.46. The topological polar surface area (TPSA) is 101 Å². The molecule has 0 saturated carbocycles. The number of aromatic nitrogens is 3. The number of piperidine rings is 1. The second kappa shape index (κ2) is 7.14. The Labute approximate surface area is 168 Å². The molecule has 1 N–H and O–H groups in total. The van der Waals surface area contributed by atoms with Gasteiger partial charge in [-0.05, 0) is 19.1 Å². The Balaban J connectivity index is 1.41. The lowest BCUT2D eigenvalue weighted by Crippen LogP contribution is -2.58. The Morgan fingerprint density at radius 3 is 2.79 bits per heavy atom. The van der Waals surface area contributed by atoms with Crippen LogP contribution in [0.15, 0.2) is 24.7 Å². The lowest BCUT2D eigenvalue weighted by molar-refractivity contribution is -0.108. The van der Waals surface area contributed by atoms with Gasteiger partial charge in [0.25, 0.3) is 0 Å². The van der Waals surface area contributed by atoms with Crippen LogP contribution in [0.4, 0.5) is 16.3 Å². The normalized spacial score (nSPS) is 25.6. The van der Waals surface area contributed by atoms with Gasteiger partial charge in [0.2, 0.25) is 5.88 Å². The largest absolute Gasteiger partial charge is 0.473 e. The molecule has 2 bridgehead atoms. The van der Waals surface area contributed by atoms with Gasteiger partial charge in [-0.15, -0.1) is 0 Å². The van der Waals surface area contributed by atoms with Crippen molar-refractivity contribution in [1.82, 2.24) is 19.9 Å². The number of anilines is 2. The fourth-order valence-electron chi connectivity index (χ4n) is 4.62. The van der Waals surface area contributed by atoms with E-state index in [2.05, 4.69) is 25.9 Å². The van der Waals surface area contributed by atoms with Gasteiger partial charge in [0, 0.05) is 44.1 Å². The van der Waals surface area contributed by atoms with Gasteiger partial charge < -0.3 is 24.4 Å². The van der Waals surface area contributed by atoms with Crippen molar-refractivity contribution < 1.29 is 19.4 Å². The van der Waals surface area contributed by atoms with Crippen molar-refractivity contribution in [2.75, 3.05) is 37.7 Å². The van der Waals surface area contributed by atoms with Gasteiger partial charge in [-0.25, -0.2) is 14.8 Å². The molecule has 1 unspecified atom stereocenters. The number of hydrogen-bond acceptors (Lipinski definition) is 7. The minimum Gasteiger partial charge on any atom is -0.473 e. The smallest absolute Gasteiger partial charge is 0.407 e. The van der Waals surface area contributed by atoms with Crippen LogP contribution in [0.3, 0.4) is 0 Å². The molecule has 2 fully saturated rings. The summed E-state index contributed by atoms with van der Waals surface area (Å²) in [7, 11) is 0. The predicted molar refractivity (Wildman–Crippen MR) is 104 cm³/mol. The molecule has 5 rings (SSSR count). The molecule has 0 aliphatic carbocycles. The number of carbonyl (C=O) groups is 1. The number of amides is 1. The van der Waals surface area contributed by atoms with E-state index < -0.39 is 6.09 Å². The fraction of sp³-hybridized carbons (Fsp3) is 0.500. The zero-order chi connectivity index (χ0) is 20.0. The third kappa shape index (κ3) is 3.15. The van der Waals surface area contributed by atoms with Gasteiger partial charge >= 0.3 is 6.09 Å². The van der Waals surface area contributed by atoms with Gasteiger partial charge in [-0.1, -0.05) is 0 Å². The highest BCUT2D eigenvalue weighted by Gasteiger charge is 2.44. The molecule has 3 atom stereocenters. The molecule has 5 heterocycles. The molecular weight excluding hydrogens is 374 g/mol. The summed E-state index contributed by atoms with van der Waals surface area (Å²) in [6.45, 7) is 4.61. The van der Waals surface area contributed by atoms with Crippen LogP contribution in [-0.2, 0) is 11.2 Å². The van der Waals surface area contributed by atoms with Crippen LogP contribution < -0.4 is 9.64 Å². The first kappa shape index (κ1) is 18.1. The summed E-state index contributed by atoms with van der Waals surface area (Å²) in [5, 5.41) is 9.36. The van der Waals surface area contributed by atoms with E-state index in [1.165, 1.54) is 11.2 Å². The SMILES string of the molecule is Cc1c(OC2[C@@H]3COC[C@H]2CN(C(=O)O)C3)ncnc1N1CCc2ncccc21. The summed E-state index contributed by atoms with van der Waals surface area (Å²) >= 11 is 0. The van der Waals surface area contributed by atoms with Gasteiger partial charge in [0.05, 0.1) is 30.2 Å². The number of likely N-dealkylation sites (tertiary alicyclic amines) is 1. The third-order valence-corrected chi connectivity index (χ3v) is 6.02. The van der Waals surface area contributed by atoms with Crippen molar-refractivity contribution in [1.29, 1.82) is 0 Å². The average molecular weight is 397 g/mol. The van der Waals surface area contributed by atoms with Gasteiger partial charge in [0.15, 0.2) is 0 Å². The molecule has 2 aromatic rings. The quantitative estimate of drug-likeness (QED) is 0.838. The fourth-order valence-corrected chi connectivity index (χ4v) is 4.62. The first-order valence-electron chi connectivity index (χ1n) is 9.87. The Bertz CT molecular complexity index is 925. The summed E-state index contributed by atoms with van der Waals surface area (Å²) in [6.07, 6.45) is 3.22. The molecule has 0 spiro atoms. The van der Waals surface area contributed by atoms with Crippen molar-refractivity contribution >= 4 is 17.6 Å². The molecule has 29 heavy (non-hydrogen) atoms. The molecule has 152 valence electrons. The summed E-state index contributed by atoms with van der Waals surface area (Å²) < 4.78 is 12.0. The maximum atomic E-state index is 11.4. The van der Waals surface area contributed by atoms with E-state index in [0.29, 0.717) is 32.2 Å². The number of hydrogen-bond donors (Lipinski definition) is 1. The Morgan fingerprint density at radius 2 is 2.03 bits per heavy atom. The Morgan fingerprint density at radius 1 is 1.24 bits per heavy atom. The van der Waals surface area contributed by atoms with E-state index in [9.17, 15) is 9.90 Å². The summed E-state index contributed by atoms with van der Waals surface area (Å²) in [4.78, 5) is 28.4. The van der Waals surface area contributed by atoms with Gasteiger partial charge in [-0.2, -0.15) is 0 Å². The van der Waals surface area contributed by atoms with Crippen molar-refractivity contribution in [2.45, 2.75) is 19.4 Å². The Hall–Kier alpha value is -2.94. The lowest BCUT2D eigenvalue weighted by Gasteiger charge is -2.45. The first-order chi connectivity index (χ1) is 14.1. The number of ether oxygens (including phenoxy) is 2. The molecule has 3 aliphatic rings. The number of nitrogens with zero attached hydrogens (tertiary/aromatic N) is 5. The van der Waals surface area contributed by atoms with Crippen LogP contribution >= 0.6 is 0 Å². The molecule has 0 radical (unpaired) electrons. The molecule has 2 saturated heterocycles. The predicted octanol–water partition coefficient (Wildman–Crippen LogP) is 1.88. The maximum Gasteiger partial charge on any atom is 0.407 e. The highest BCUT2D eigenvalue weighted by molar-refractivity contribution is 5.68. The van der Waals surface area contributed by atoms with E-state index in [1.54, 1.807) is 0 Å². The highest BCUT2D eigenvalue weighted by Crippen LogP contribution is 2.37. The minimum absolute atomic E-state index is 0.00636. The molecular formula is C20H23N5O4. The lowest BCUT2D eigenvalue weighted by atomic mass is 9.84. The van der Waals surface area contributed by atoms with Crippen molar-refractivity contribution in [3.8, 4) is 5.88 Å². The molecule has 2 aromatic heterocycles. The van der Waals surface area contributed by atoms with E-state index in [-0.39, 0.29) is 17.9 Å².